The van der Waals surface area contributed by atoms with Gasteiger partial charge in [0.1, 0.15) is 0 Å². The van der Waals surface area contributed by atoms with Crippen LogP contribution in [0.25, 0.3) is 0 Å². The van der Waals surface area contributed by atoms with Crippen LogP contribution in [-0.2, 0) is 0 Å². The standard InChI is InChI=1S/C16H34O/c1-3-5-6-7-8-10-13-16(4-2)14-11-9-12-15-17/h16-17H,3-15H2,1-2H3. The first kappa shape index (κ1) is 17.0. The molecule has 1 heteroatoms. The summed E-state index contributed by atoms with van der Waals surface area (Å²) in [6.07, 6.45) is 16.2. The molecule has 1 nitrogen and oxygen atoms in total. The Morgan fingerprint density at radius 3 is 1.76 bits per heavy atom. The van der Waals surface area contributed by atoms with Crippen LogP contribution in [0, 0.1) is 5.92 Å². The highest BCUT2D eigenvalue weighted by molar-refractivity contribution is 4.58. The minimum Gasteiger partial charge on any atom is -0.396 e. The molecule has 0 aliphatic rings. The summed E-state index contributed by atoms with van der Waals surface area (Å²) in [5, 5.41) is 8.73. The normalized spacial score (nSPS) is 12.9. The first-order valence-corrected chi connectivity index (χ1v) is 7.96. The van der Waals surface area contributed by atoms with Gasteiger partial charge in [0.15, 0.2) is 0 Å². The van der Waals surface area contributed by atoms with Gasteiger partial charge in [0, 0.05) is 6.61 Å². The highest BCUT2D eigenvalue weighted by atomic mass is 16.2. The molecule has 0 bridgehead atoms. The summed E-state index contributed by atoms with van der Waals surface area (Å²) in [6.45, 7) is 4.97. The summed E-state index contributed by atoms with van der Waals surface area (Å²) in [7, 11) is 0. The molecule has 0 aromatic heterocycles. The van der Waals surface area contributed by atoms with E-state index in [0.717, 1.165) is 12.3 Å². The van der Waals surface area contributed by atoms with Crippen molar-refractivity contribution in [1.29, 1.82) is 0 Å². The van der Waals surface area contributed by atoms with E-state index in [1.807, 2.05) is 0 Å². The molecule has 0 aliphatic heterocycles. The zero-order valence-corrected chi connectivity index (χ0v) is 12.2. The number of rotatable bonds is 13. The van der Waals surface area contributed by atoms with Gasteiger partial charge in [0.05, 0.1) is 0 Å². The summed E-state index contributed by atoms with van der Waals surface area (Å²) in [5.74, 6) is 0.944. The fourth-order valence-electron chi connectivity index (χ4n) is 2.49. The van der Waals surface area contributed by atoms with Gasteiger partial charge in [0.25, 0.3) is 0 Å². The molecule has 0 aliphatic carbocycles. The average molecular weight is 242 g/mol. The van der Waals surface area contributed by atoms with E-state index in [9.17, 15) is 0 Å². The zero-order valence-electron chi connectivity index (χ0n) is 12.2. The lowest BCUT2D eigenvalue weighted by Gasteiger charge is -2.14. The fraction of sp³-hybridized carbons (Fsp3) is 1.00. The number of unbranched alkanes of at least 4 members (excludes halogenated alkanes) is 7. The van der Waals surface area contributed by atoms with Crippen LogP contribution in [0.15, 0.2) is 0 Å². The Labute approximate surface area is 109 Å². The molecule has 0 saturated carbocycles. The quantitative estimate of drug-likeness (QED) is 0.434. The van der Waals surface area contributed by atoms with E-state index in [0.29, 0.717) is 6.61 Å². The van der Waals surface area contributed by atoms with Crippen molar-refractivity contribution in [2.75, 3.05) is 6.61 Å². The Morgan fingerprint density at radius 1 is 0.706 bits per heavy atom. The third kappa shape index (κ3) is 12.2. The van der Waals surface area contributed by atoms with Gasteiger partial charge in [0.2, 0.25) is 0 Å². The number of aliphatic hydroxyl groups excluding tert-OH is 1. The predicted octanol–water partition coefficient (Wildman–Crippen LogP) is 5.32. The molecule has 0 fully saturated rings. The summed E-state index contributed by atoms with van der Waals surface area (Å²) in [5.41, 5.74) is 0. The van der Waals surface area contributed by atoms with Crippen molar-refractivity contribution >= 4 is 0 Å². The second-order valence-electron chi connectivity index (χ2n) is 5.40. The van der Waals surface area contributed by atoms with Gasteiger partial charge in [-0.1, -0.05) is 84.5 Å². The van der Waals surface area contributed by atoms with Crippen molar-refractivity contribution in [2.24, 2.45) is 5.92 Å². The minimum atomic E-state index is 0.369. The van der Waals surface area contributed by atoms with Crippen LogP contribution in [-0.4, -0.2) is 11.7 Å². The first-order chi connectivity index (χ1) is 8.35. The second-order valence-corrected chi connectivity index (χ2v) is 5.40. The van der Waals surface area contributed by atoms with Crippen LogP contribution < -0.4 is 0 Å². The molecular formula is C16H34O. The van der Waals surface area contributed by atoms with E-state index in [1.54, 1.807) is 0 Å². The molecular weight excluding hydrogens is 208 g/mol. The highest BCUT2D eigenvalue weighted by Gasteiger charge is 2.05. The van der Waals surface area contributed by atoms with Crippen molar-refractivity contribution in [3.8, 4) is 0 Å². The Morgan fingerprint density at radius 2 is 1.24 bits per heavy atom. The molecule has 0 spiro atoms. The largest absolute Gasteiger partial charge is 0.396 e. The number of aliphatic hydroxyl groups is 1. The third-order valence-electron chi connectivity index (χ3n) is 3.81. The molecule has 0 saturated heterocycles. The molecule has 1 N–H and O–H groups in total. The van der Waals surface area contributed by atoms with Crippen LogP contribution in [0.1, 0.15) is 90.9 Å². The lowest BCUT2D eigenvalue weighted by Crippen LogP contribution is -1.99. The van der Waals surface area contributed by atoms with Gasteiger partial charge in [-0.25, -0.2) is 0 Å². The van der Waals surface area contributed by atoms with E-state index in [-0.39, 0.29) is 0 Å². The molecule has 0 amide bonds. The molecule has 0 heterocycles. The molecule has 0 aromatic rings. The van der Waals surface area contributed by atoms with E-state index in [4.69, 9.17) is 5.11 Å². The Balaban J connectivity index is 3.28. The molecule has 0 rings (SSSR count). The second kappa shape index (κ2) is 14.0. The highest BCUT2D eigenvalue weighted by Crippen LogP contribution is 2.20. The van der Waals surface area contributed by atoms with Crippen molar-refractivity contribution in [1.82, 2.24) is 0 Å². The lowest BCUT2D eigenvalue weighted by atomic mass is 9.92. The van der Waals surface area contributed by atoms with Gasteiger partial charge in [-0.3, -0.25) is 0 Å². The van der Waals surface area contributed by atoms with Crippen LogP contribution in [0.4, 0.5) is 0 Å². The van der Waals surface area contributed by atoms with Gasteiger partial charge in [-0.15, -0.1) is 0 Å². The van der Waals surface area contributed by atoms with Crippen molar-refractivity contribution in [3.05, 3.63) is 0 Å². The number of hydrogen-bond donors (Lipinski definition) is 1. The Hall–Kier alpha value is -0.0400. The van der Waals surface area contributed by atoms with Crippen LogP contribution in [0.5, 0.6) is 0 Å². The maximum atomic E-state index is 8.73. The maximum absolute atomic E-state index is 8.73. The van der Waals surface area contributed by atoms with E-state index >= 15 is 0 Å². The average Bonchev–Trinajstić information content (AvgIpc) is 2.36. The van der Waals surface area contributed by atoms with Gasteiger partial charge in [-0.05, 0) is 12.3 Å². The first-order valence-electron chi connectivity index (χ1n) is 7.96. The molecule has 104 valence electrons. The molecule has 1 atom stereocenters. The fourth-order valence-corrected chi connectivity index (χ4v) is 2.49. The van der Waals surface area contributed by atoms with Crippen LogP contribution in [0.2, 0.25) is 0 Å². The van der Waals surface area contributed by atoms with Gasteiger partial charge in [-0.2, -0.15) is 0 Å². The minimum absolute atomic E-state index is 0.369. The lowest BCUT2D eigenvalue weighted by molar-refractivity contribution is 0.279. The molecule has 17 heavy (non-hydrogen) atoms. The number of hydrogen-bond acceptors (Lipinski definition) is 1. The van der Waals surface area contributed by atoms with Gasteiger partial charge >= 0.3 is 0 Å². The summed E-state index contributed by atoms with van der Waals surface area (Å²) < 4.78 is 0. The van der Waals surface area contributed by atoms with Gasteiger partial charge < -0.3 is 5.11 Å². The van der Waals surface area contributed by atoms with Crippen LogP contribution in [0.3, 0.4) is 0 Å². The third-order valence-corrected chi connectivity index (χ3v) is 3.81. The summed E-state index contributed by atoms with van der Waals surface area (Å²) in [6, 6.07) is 0. The Bertz CT molecular complexity index is 133. The zero-order chi connectivity index (χ0) is 12.8. The van der Waals surface area contributed by atoms with Crippen LogP contribution >= 0.6 is 0 Å². The summed E-state index contributed by atoms with van der Waals surface area (Å²) in [4.78, 5) is 0. The molecule has 0 aromatic carbocycles. The van der Waals surface area contributed by atoms with Crippen molar-refractivity contribution < 1.29 is 5.11 Å². The predicted molar refractivity (Wildman–Crippen MR) is 77.3 cm³/mol. The van der Waals surface area contributed by atoms with E-state index in [1.165, 1.54) is 70.6 Å². The van der Waals surface area contributed by atoms with Crippen molar-refractivity contribution in [3.63, 3.8) is 0 Å². The SMILES string of the molecule is CCCCCCCCC(CC)CCCCCO. The topological polar surface area (TPSA) is 20.2 Å². The van der Waals surface area contributed by atoms with E-state index in [2.05, 4.69) is 13.8 Å². The monoisotopic (exact) mass is 242 g/mol. The smallest absolute Gasteiger partial charge is 0.0431 e. The van der Waals surface area contributed by atoms with E-state index < -0.39 is 0 Å². The summed E-state index contributed by atoms with van der Waals surface area (Å²) >= 11 is 0. The maximum Gasteiger partial charge on any atom is 0.0431 e. The molecule has 1 unspecified atom stereocenters. The van der Waals surface area contributed by atoms with Crippen molar-refractivity contribution in [2.45, 2.75) is 90.9 Å². The molecule has 0 radical (unpaired) electrons. The Kier molecular flexibility index (Phi) is 14.0.